The molecule has 0 heterocycles. The molecule has 0 aliphatic rings. The van der Waals surface area contributed by atoms with Crippen molar-refractivity contribution in [3.05, 3.63) is 0 Å². The molecule has 0 aliphatic heterocycles. The zero-order valence-electron chi connectivity index (χ0n) is 22.8. The molecule has 0 aromatic rings. The van der Waals surface area contributed by atoms with E-state index in [0.29, 0.717) is 32.6 Å². The van der Waals surface area contributed by atoms with Gasteiger partial charge in [-0.25, -0.2) is 0 Å². The summed E-state index contributed by atoms with van der Waals surface area (Å²) in [6.45, 7) is 0.652. The Hall–Kier alpha value is -0.120. The lowest BCUT2D eigenvalue weighted by molar-refractivity contribution is -0.372. The number of quaternary nitrogens is 1. The van der Waals surface area contributed by atoms with Crippen molar-refractivity contribution in [2.45, 2.75) is 122 Å². The zero-order chi connectivity index (χ0) is 26.7. The van der Waals surface area contributed by atoms with Crippen LogP contribution >= 0.6 is 6.72 Å². The van der Waals surface area contributed by atoms with Crippen LogP contribution in [0.15, 0.2) is 0 Å². The second-order valence-corrected chi connectivity index (χ2v) is 12.2. The van der Waals surface area contributed by atoms with Crippen LogP contribution in [0.4, 0.5) is 0 Å². The molecule has 0 saturated heterocycles. The van der Waals surface area contributed by atoms with E-state index in [1.807, 2.05) is 0 Å². The van der Waals surface area contributed by atoms with Gasteiger partial charge in [-0.05, 0) is 19.3 Å². The maximum atomic E-state index is 12.3. The number of hydrogen-bond acceptors (Lipinski definition) is 7. The molecule has 8 nitrogen and oxygen atoms in total. The minimum atomic E-state index is -3.63. The first-order chi connectivity index (χ1) is 17.4. The highest BCUT2D eigenvalue weighted by molar-refractivity contribution is 8.06. The molecule has 0 aliphatic carbocycles. The molecular weight excluding hydrogens is 501 g/mol. The maximum absolute atomic E-state index is 12.3. The molecule has 4 N–H and O–H groups in total. The Bertz CT molecular complexity index is 542. The van der Waals surface area contributed by atoms with E-state index in [1.54, 1.807) is 0 Å². The summed E-state index contributed by atoms with van der Waals surface area (Å²) in [6, 6.07) is 0. The molecule has 2 unspecified atom stereocenters. The summed E-state index contributed by atoms with van der Waals surface area (Å²) in [6.07, 6.45) is 19.0. The summed E-state index contributed by atoms with van der Waals surface area (Å²) < 4.78 is 21.9. The number of unbranched alkanes of at least 4 members (excludes halogenated alkanes) is 14. The molecule has 0 rings (SSSR count). The summed E-state index contributed by atoms with van der Waals surface area (Å²) in [7, 11) is 0. The molecule has 10 heteroatoms. The van der Waals surface area contributed by atoms with Crippen LogP contribution in [0.2, 0.25) is 0 Å². The van der Waals surface area contributed by atoms with Crippen molar-refractivity contribution in [2.75, 3.05) is 39.6 Å². The molecule has 0 fully saturated rings. The van der Waals surface area contributed by atoms with E-state index < -0.39 is 18.8 Å². The van der Waals surface area contributed by atoms with Crippen LogP contribution < -0.4 is 10.6 Å². The van der Waals surface area contributed by atoms with Gasteiger partial charge in [0, 0.05) is 19.6 Å². The average Bonchev–Trinajstić information content (AvgIpc) is 2.84. The van der Waals surface area contributed by atoms with Gasteiger partial charge in [-0.15, -0.1) is 0 Å². The highest BCUT2D eigenvalue weighted by Gasteiger charge is 2.16. The lowest BCUT2D eigenvalue weighted by atomic mass is 10.0. The summed E-state index contributed by atoms with van der Waals surface area (Å²) in [4.78, 5) is 22.9. The van der Waals surface area contributed by atoms with Crippen LogP contribution in [-0.2, 0) is 35.1 Å². The monoisotopic (exact) mass is 555 g/mol. The van der Waals surface area contributed by atoms with Crippen LogP contribution in [0.1, 0.15) is 116 Å². The quantitative estimate of drug-likeness (QED) is 0.0978. The van der Waals surface area contributed by atoms with Crippen molar-refractivity contribution in [1.82, 2.24) is 0 Å². The van der Waals surface area contributed by atoms with Gasteiger partial charge in [0.05, 0.1) is 19.8 Å². The highest BCUT2D eigenvalue weighted by Crippen LogP contribution is 2.40. The molecule has 216 valence electrons. The molecule has 0 aromatic carbocycles. The van der Waals surface area contributed by atoms with E-state index >= 15 is 0 Å². The van der Waals surface area contributed by atoms with E-state index in [9.17, 15) is 9.69 Å². The predicted molar refractivity (Wildman–Crippen MR) is 146 cm³/mol. The first kappa shape index (κ1) is 35.9. The number of hydrogen-bond donors (Lipinski definition) is 2. The van der Waals surface area contributed by atoms with Gasteiger partial charge in [-0.1, -0.05) is 102 Å². The fourth-order valence-electron chi connectivity index (χ4n) is 3.81. The Morgan fingerprint density at radius 1 is 0.806 bits per heavy atom. The predicted octanol–water partition coefficient (Wildman–Crippen LogP) is 4.98. The van der Waals surface area contributed by atoms with E-state index in [2.05, 4.69) is 12.7 Å². The molecular formula is C26H54NO7PS. The number of carbonyl (C=O) groups is 1. The van der Waals surface area contributed by atoms with Gasteiger partial charge in [-0.2, -0.15) is 0 Å². The lowest BCUT2D eigenvalue weighted by Crippen LogP contribution is -2.52. The SMILES string of the molecule is CCCCCCCCCCCCCCCCOCC(COCCCCC(=O)O)OP([O-])(=S)OCC[NH3+]. The molecule has 0 amide bonds. The summed E-state index contributed by atoms with van der Waals surface area (Å²) in [5, 5.41) is 8.69. The van der Waals surface area contributed by atoms with Crippen LogP contribution in [0.5, 0.6) is 0 Å². The number of ether oxygens (including phenoxy) is 2. The third-order valence-electron chi connectivity index (χ3n) is 5.85. The van der Waals surface area contributed by atoms with Crippen LogP contribution in [-0.4, -0.2) is 56.8 Å². The average molecular weight is 556 g/mol. The van der Waals surface area contributed by atoms with Gasteiger partial charge < -0.3 is 34.3 Å². The van der Waals surface area contributed by atoms with Gasteiger partial charge in [0.25, 0.3) is 0 Å². The first-order valence-corrected chi connectivity index (χ1v) is 16.8. The van der Waals surface area contributed by atoms with Gasteiger partial charge >= 0.3 is 5.97 Å². The number of carboxylic acid groups (broad SMARTS) is 1. The lowest BCUT2D eigenvalue weighted by Gasteiger charge is -2.31. The van der Waals surface area contributed by atoms with Crippen molar-refractivity contribution in [3.8, 4) is 0 Å². The van der Waals surface area contributed by atoms with Crippen molar-refractivity contribution in [3.63, 3.8) is 0 Å². The van der Waals surface area contributed by atoms with Crippen molar-refractivity contribution in [1.29, 1.82) is 0 Å². The fraction of sp³-hybridized carbons (Fsp3) is 0.962. The molecule has 0 saturated carbocycles. The standard InChI is InChI=1S/C26H54NO7PS/c1-2-3-4-5-6-7-8-9-10-11-12-13-14-16-20-31-23-25(34-35(30,36)33-22-19-27)24-32-21-17-15-18-26(28)29/h25H,2-24,27H2,1H3,(H,28,29)(H,30,36). The van der Waals surface area contributed by atoms with Crippen molar-refractivity contribution in [2.24, 2.45) is 0 Å². The van der Waals surface area contributed by atoms with Gasteiger partial charge in [0.2, 0.25) is 0 Å². The number of aliphatic carboxylic acids is 1. The summed E-state index contributed by atoms with van der Waals surface area (Å²) in [5.41, 5.74) is 3.64. The van der Waals surface area contributed by atoms with E-state index in [4.69, 9.17) is 35.4 Å². The van der Waals surface area contributed by atoms with Crippen LogP contribution in [0, 0.1) is 0 Å². The van der Waals surface area contributed by atoms with Crippen LogP contribution in [0.3, 0.4) is 0 Å². The summed E-state index contributed by atoms with van der Waals surface area (Å²) >= 11 is 4.96. The van der Waals surface area contributed by atoms with Crippen LogP contribution in [0.25, 0.3) is 0 Å². The fourth-order valence-corrected chi connectivity index (χ4v) is 5.30. The minimum Gasteiger partial charge on any atom is -0.780 e. The van der Waals surface area contributed by atoms with Gasteiger partial charge in [0.15, 0.2) is 0 Å². The van der Waals surface area contributed by atoms with Gasteiger partial charge in [0.1, 0.15) is 19.4 Å². The third-order valence-corrected chi connectivity index (χ3v) is 7.48. The van der Waals surface area contributed by atoms with Crippen molar-refractivity contribution >= 4 is 24.5 Å². The Morgan fingerprint density at radius 2 is 1.25 bits per heavy atom. The molecule has 36 heavy (non-hydrogen) atoms. The maximum Gasteiger partial charge on any atom is 0.303 e. The van der Waals surface area contributed by atoms with E-state index in [1.165, 1.54) is 77.0 Å². The summed E-state index contributed by atoms with van der Waals surface area (Å²) in [5.74, 6) is -0.817. The Kier molecular flexibility index (Phi) is 26.4. The largest absolute Gasteiger partial charge is 0.780 e. The molecule has 2 atom stereocenters. The second kappa shape index (κ2) is 26.5. The zero-order valence-corrected chi connectivity index (χ0v) is 24.5. The van der Waals surface area contributed by atoms with E-state index in [0.717, 1.165) is 12.8 Å². The topological polar surface area (TPSA) is 125 Å². The second-order valence-electron chi connectivity index (χ2n) is 9.46. The molecule has 0 bridgehead atoms. The van der Waals surface area contributed by atoms with E-state index in [-0.39, 0.29) is 26.2 Å². The molecule has 0 aromatic heterocycles. The Balaban J connectivity index is 3.86. The highest BCUT2D eigenvalue weighted by atomic mass is 32.5. The third kappa shape index (κ3) is 26.9. The van der Waals surface area contributed by atoms with Gasteiger partial charge in [-0.3, -0.25) is 4.79 Å². The molecule has 0 spiro atoms. The Morgan fingerprint density at radius 3 is 1.69 bits per heavy atom. The normalized spacial score (nSPS) is 14.1. The van der Waals surface area contributed by atoms with Crippen molar-refractivity contribution < 1.29 is 39.0 Å². The number of rotatable bonds is 29. The Labute approximate surface area is 225 Å². The minimum absolute atomic E-state index is 0.117. The number of carboxylic acids is 1. The molecule has 0 radical (unpaired) electrons. The first-order valence-electron chi connectivity index (χ1n) is 14.2. The smallest absolute Gasteiger partial charge is 0.303 e.